The Morgan fingerprint density at radius 2 is 1.95 bits per heavy atom. The second kappa shape index (κ2) is 5.35. The van der Waals surface area contributed by atoms with E-state index in [9.17, 15) is 0 Å². The van der Waals surface area contributed by atoms with Crippen LogP contribution in [0.25, 0.3) is 16.5 Å². The Hall–Kier alpha value is -1.96. The van der Waals surface area contributed by atoms with Gasteiger partial charge in [-0.1, -0.05) is 49.4 Å². The molecule has 98 valence electrons. The average Bonchev–Trinajstić information content (AvgIpc) is 2.92. The Balaban J connectivity index is 2.08. The molecule has 0 unspecified atom stereocenters. The van der Waals surface area contributed by atoms with Gasteiger partial charge in [-0.15, -0.1) is 0 Å². The van der Waals surface area contributed by atoms with E-state index in [-0.39, 0.29) is 0 Å². The molecule has 1 aliphatic rings. The lowest BCUT2D eigenvalue weighted by atomic mass is 10.0. The SMILES string of the molecule is CCCOC1=C(c2cccc3ccccc23)NCC1. The van der Waals surface area contributed by atoms with Crippen molar-refractivity contribution in [3.63, 3.8) is 0 Å². The number of benzene rings is 2. The smallest absolute Gasteiger partial charge is 0.121 e. The quantitative estimate of drug-likeness (QED) is 0.891. The molecule has 2 heteroatoms. The predicted molar refractivity (Wildman–Crippen MR) is 79.7 cm³/mol. The van der Waals surface area contributed by atoms with Crippen molar-refractivity contribution in [2.24, 2.45) is 0 Å². The van der Waals surface area contributed by atoms with Gasteiger partial charge < -0.3 is 10.1 Å². The molecule has 1 N–H and O–H groups in total. The Bertz CT molecular complexity index is 610. The molecule has 0 bridgehead atoms. The van der Waals surface area contributed by atoms with Crippen LogP contribution in [-0.2, 0) is 4.74 Å². The minimum atomic E-state index is 0.797. The topological polar surface area (TPSA) is 21.3 Å². The van der Waals surface area contributed by atoms with Gasteiger partial charge in [0.2, 0.25) is 0 Å². The van der Waals surface area contributed by atoms with E-state index >= 15 is 0 Å². The van der Waals surface area contributed by atoms with Crippen LogP contribution in [0, 0.1) is 0 Å². The summed E-state index contributed by atoms with van der Waals surface area (Å²) >= 11 is 0. The summed E-state index contributed by atoms with van der Waals surface area (Å²) in [6.45, 7) is 3.91. The van der Waals surface area contributed by atoms with Crippen LogP contribution in [0.4, 0.5) is 0 Å². The number of fused-ring (bicyclic) bond motifs is 1. The third-order valence-corrected chi connectivity index (χ3v) is 3.47. The number of nitrogens with one attached hydrogen (secondary N) is 1. The third kappa shape index (κ3) is 2.30. The molecule has 0 amide bonds. The van der Waals surface area contributed by atoms with Crippen LogP contribution >= 0.6 is 0 Å². The maximum absolute atomic E-state index is 5.89. The van der Waals surface area contributed by atoms with E-state index in [2.05, 4.69) is 54.7 Å². The Morgan fingerprint density at radius 3 is 2.84 bits per heavy atom. The predicted octanol–water partition coefficient (Wildman–Crippen LogP) is 3.93. The molecule has 0 saturated heterocycles. The van der Waals surface area contributed by atoms with Gasteiger partial charge in [-0.05, 0) is 17.2 Å². The maximum atomic E-state index is 5.89. The molecule has 0 atom stereocenters. The standard InChI is InChI=1S/C17H19NO/c1-2-12-19-16-10-11-18-17(16)15-9-5-7-13-6-3-4-8-14(13)15/h3-9,18H,2,10-12H2,1H3. The largest absolute Gasteiger partial charge is 0.496 e. The second-order valence-corrected chi connectivity index (χ2v) is 4.85. The summed E-state index contributed by atoms with van der Waals surface area (Å²) in [7, 11) is 0. The average molecular weight is 253 g/mol. The summed E-state index contributed by atoms with van der Waals surface area (Å²) in [5.41, 5.74) is 2.42. The van der Waals surface area contributed by atoms with Gasteiger partial charge in [0.05, 0.1) is 12.3 Å². The van der Waals surface area contributed by atoms with Crippen molar-refractivity contribution in [3.8, 4) is 0 Å². The van der Waals surface area contributed by atoms with Crippen LogP contribution in [0.15, 0.2) is 48.2 Å². The molecule has 2 nitrogen and oxygen atoms in total. The highest BCUT2D eigenvalue weighted by atomic mass is 16.5. The van der Waals surface area contributed by atoms with Crippen LogP contribution < -0.4 is 5.32 Å². The number of ether oxygens (including phenoxy) is 1. The summed E-state index contributed by atoms with van der Waals surface area (Å²) in [4.78, 5) is 0. The molecule has 0 aromatic heterocycles. The Morgan fingerprint density at radius 1 is 1.11 bits per heavy atom. The van der Waals surface area contributed by atoms with Gasteiger partial charge in [0.1, 0.15) is 5.76 Å². The summed E-state index contributed by atoms with van der Waals surface area (Å²) in [6.07, 6.45) is 2.03. The molecule has 0 saturated carbocycles. The van der Waals surface area contributed by atoms with Gasteiger partial charge in [-0.3, -0.25) is 0 Å². The maximum Gasteiger partial charge on any atom is 0.121 e. The fourth-order valence-electron chi connectivity index (χ4n) is 2.58. The zero-order valence-electron chi connectivity index (χ0n) is 11.3. The first-order valence-corrected chi connectivity index (χ1v) is 6.98. The van der Waals surface area contributed by atoms with Crippen molar-refractivity contribution in [1.82, 2.24) is 5.32 Å². The van der Waals surface area contributed by atoms with E-state index in [0.717, 1.165) is 31.8 Å². The first-order chi connectivity index (χ1) is 9.40. The van der Waals surface area contributed by atoms with E-state index in [1.54, 1.807) is 0 Å². The third-order valence-electron chi connectivity index (χ3n) is 3.47. The van der Waals surface area contributed by atoms with E-state index in [0.29, 0.717) is 0 Å². The molecule has 1 heterocycles. The van der Waals surface area contributed by atoms with Crippen molar-refractivity contribution in [1.29, 1.82) is 0 Å². The molecule has 0 fully saturated rings. The lowest BCUT2D eigenvalue weighted by molar-refractivity contribution is 0.209. The van der Waals surface area contributed by atoms with Crippen molar-refractivity contribution >= 4 is 16.5 Å². The molecule has 3 rings (SSSR count). The highest BCUT2D eigenvalue weighted by Crippen LogP contribution is 2.29. The summed E-state index contributed by atoms with van der Waals surface area (Å²) in [5, 5.41) is 6.04. The number of rotatable bonds is 4. The fraction of sp³-hybridized carbons (Fsp3) is 0.294. The van der Waals surface area contributed by atoms with Gasteiger partial charge >= 0.3 is 0 Å². The van der Waals surface area contributed by atoms with Crippen LogP contribution in [0.1, 0.15) is 25.3 Å². The Labute approximate surface area is 114 Å². The van der Waals surface area contributed by atoms with Gasteiger partial charge in [-0.2, -0.15) is 0 Å². The molecule has 0 aliphatic carbocycles. The van der Waals surface area contributed by atoms with Crippen LogP contribution in [-0.4, -0.2) is 13.2 Å². The molecule has 2 aromatic rings. The second-order valence-electron chi connectivity index (χ2n) is 4.85. The molecule has 2 aromatic carbocycles. The van der Waals surface area contributed by atoms with Crippen molar-refractivity contribution < 1.29 is 4.74 Å². The van der Waals surface area contributed by atoms with Crippen molar-refractivity contribution in [3.05, 3.63) is 53.8 Å². The Kier molecular flexibility index (Phi) is 3.41. The monoisotopic (exact) mass is 253 g/mol. The molecule has 19 heavy (non-hydrogen) atoms. The number of hydrogen-bond donors (Lipinski definition) is 1. The molecular weight excluding hydrogens is 234 g/mol. The fourth-order valence-corrected chi connectivity index (χ4v) is 2.58. The van der Waals surface area contributed by atoms with Crippen LogP contribution in [0.3, 0.4) is 0 Å². The summed E-state index contributed by atoms with van der Waals surface area (Å²) < 4.78 is 5.89. The minimum Gasteiger partial charge on any atom is -0.496 e. The zero-order chi connectivity index (χ0) is 13.1. The van der Waals surface area contributed by atoms with Gasteiger partial charge in [0.25, 0.3) is 0 Å². The van der Waals surface area contributed by atoms with Gasteiger partial charge in [0.15, 0.2) is 0 Å². The number of hydrogen-bond acceptors (Lipinski definition) is 2. The minimum absolute atomic E-state index is 0.797. The summed E-state index contributed by atoms with van der Waals surface area (Å²) in [6, 6.07) is 14.9. The normalized spacial score (nSPS) is 14.8. The molecular formula is C17H19NO. The molecule has 1 aliphatic heterocycles. The van der Waals surface area contributed by atoms with E-state index < -0.39 is 0 Å². The summed E-state index contributed by atoms with van der Waals surface area (Å²) in [5.74, 6) is 1.11. The first-order valence-electron chi connectivity index (χ1n) is 6.98. The van der Waals surface area contributed by atoms with E-state index in [1.807, 2.05) is 0 Å². The van der Waals surface area contributed by atoms with E-state index in [4.69, 9.17) is 4.74 Å². The lowest BCUT2D eigenvalue weighted by Gasteiger charge is -2.11. The first kappa shape index (κ1) is 12.1. The molecule has 0 spiro atoms. The van der Waals surface area contributed by atoms with Crippen molar-refractivity contribution in [2.75, 3.05) is 13.2 Å². The zero-order valence-corrected chi connectivity index (χ0v) is 11.3. The van der Waals surface area contributed by atoms with Gasteiger partial charge in [-0.25, -0.2) is 0 Å². The van der Waals surface area contributed by atoms with Crippen LogP contribution in [0.5, 0.6) is 0 Å². The van der Waals surface area contributed by atoms with Gasteiger partial charge in [0, 0.05) is 18.5 Å². The van der Waals surface area contributed by atoms with Crippen LogP contribution in [0.2, 0.25) is 0 Å². The highest BCUT2D eigenvalue weighted by molar-refractivity contribution is 5.94. The highest BCUT2D eigenvalue weighted by Gasteiger charge is 2.18. The lowest BCUT2D eigenvalue weighted by Crippen LogP contribution is -2.07. The molecule has 0 radical (unpaired) electrons. The van der Waals surface area contributed by atoms with Crippen molar-refractivity contribution in [2.45, 2.75) is 19.8 Å². The van der Waals surface area contributed by atoms with E-state index in [1.165, 1.54) is 22.0 Å².